The predicted molar refractivity (Wildman–Crippen MR) is 160 cm³/mol. The van der Waals surface area contributed by atoms with Gasteiger partial charge in [-0.25, -0.2) is 14.8 Å². The SMILES string of the molecule is Cc1ccccc1C(=O)N1CCc2cc(-c3cnc4[nH]cc(C)c4n3)cc([C@@H]3COCCN3C(=O)OC(C)(C)C)c2C1. The van der Waals surface area contributed by atoms with Gasteiger partial charge in [-0.15, -0.1) is 0 Å². The van der Waals surface area contributed by atoms with Gasteiger partial charge in [-0.1, -0.05) is 18.2 Å². The zero-order chi connectivity index (χ0) is 29.6. The molecule has 2 aromatic heterocycles. The molecule has 2 aliphatic heterocycles. The maximum absolute atomic E-state index is 13.7. The van der Waals surface area contributed by atoms with E-state index in [4.69, 9.17) is 14.5 Å². The van der Waals surface area contributed by atoms with Crippen LogP contribution < -0.4 is 0 Å². The van der Waals surface area contributed by atoms with Gasteiger partial charge in [-0.05, 0) is 87.1 Å². The molecule has 0 bridgehead atoms. The fourth-order valence-electron chi connectivity index (χ4n) is 5.85. The van der Waals surface area contributed by atoms with Gasteiger partial charge in [-0.2, -0.15) is 0 Å². The first-order valence-corrected chi connectivity index (χ1v) is 14.5. The number of morpholine rings is 1. The highest BCUT2D eigenvalue weighted by Gasteiger charge is 2.36. The summed E-state index contributed by atoms with van der Waals surface area (Å²) < 4.78 is 11.8. The third-order valence-corrected chi connectivity index (χ3v) is 8.02. The molecule has 0 aliphatic carbocycles. The van der Waals surface area contributed by atoms with Crippen LogP contribution in [-0.4, -0.2) is 68.7 Å². The molecule has 2 amide bonds. The Balaban J connectivity index is 1.44. The third kappa shape index (κ3) is 5.36. The maximum Gasteiger partial charge on any atom is 0.410 e. The lowest BCUT2D eigenvalue weighted by atomic mass is 9.87. The van der Waals surface area contributed by atoms with Crippen LogP contribution in [0.3, 0.4) is 0 Å². The van der Waals surface area contributed by atoms with E-state index in [1.807, 2.05) is 70.0 Å². The van der Waals surface area contributed by atoms with Crippen LogP contribution in [0.1, 0.15) is 65.0 Å². The summed E-state index contributed by atoms with van der Waals surface area (Å²) in [5, 5.41) is 0. The van der Waals surface area contributed by atoms with Crippen molar-refractivity contribution in [1.82, 2.24) is 24.8 Å². The number of aromatic nitrogens is 3. The number of nitrogens with zero attached hydrogens (tertiary/aromatic N) is 4. The van der Waals surface area contributed by atoms with Crippen molar-refractivity contribution in [3.8, 4) is 11.3 Å². The first kappa shape index (κ1) is 27.9. The number of aromatic amines is 1. The average Bonchev–Trinajstić information content (AvgIpc) is 3.35. The minimum Gasteiger partial charge on any atom is -0.444 e. The lowest BCUT2D eigenvalue weighted by Crippen LogP contribution is -2.46. The Morgan fingerprint density at radius 1 is 1.10 bits per heavy atom. The summed E-state index contributed by atoms with van der Waals surface area (Å²) >= 11 is 0. The second-order valence-electron chi connectivity index (χ2n) is 12.2. The molecule has 4 heterocycles. The molecule has 1 fully saturated rings. The largest absolute Gasteiger partial charge is 0.444 e. The lowest BCUT2D eigenvalue weighted by molar-refractivity contribution is -0.0334. The zero-order valence-electron chi connectivity index (χ0n) is 24.9. The van der Waals surface area contributed by atoms with Crippen molar-refractivity contribution in [2.45, 2.75) is 59.2 Å². The molecule has 0 radical (unpaired) electrons. The standard InChI is InChI=1S/C33H37N5O4/c1-20-8-6-7-9-24(20)31(39)37-11-10-22-14-23(27-17-35-30-29(36-27)21(2)16-34-30)15-25(26(22)18-37)28-19-41-13-12-38(28)32(40)42-33(3,4)5/h6-9,14-17,28H,10-13,18-19H2,1-5H3,(H,34,35)/t28-/m0/s1. The van der Waals surface area contributed by atoms with Crippen LogP contribution >= 0.6 is 0 Å². The Kier molecular flexibility index (Phi) is 7.22. The number of nitrogens with one attached hydrogen (secondary N) is 1. The van der Waals surface area contributed by atoms with E-state index in [2.05, 4.69) is 22.1 Å². The molecule has 0 saturated carbocycles. The molecular weight excluding hydrogens is 530 g/mol. The fourth-order valence-corrected chi connectivity index (χ4v) is 5.85. The molecule has 1 N–H and O–H groups in total. The number of aryl methyl sites for hydroxylation is 2. The van der Waals surface area contributed by atoms with E-state index in [9.17, 15) is 9.59 Å². The van der Waals surface area contributed by atoms with Crippen LogP contribution in [0.5, 0.6) is 0 Å². The topological polar surface area (TPSA) is 101 Å². The lowest BCUT2D eigenvalue weighted by Gasteiger charge is -2.39. The molecule has 1 saturated heterocycles. The Bertz CT molecular complexity index is 1670. The Labute approximate surface area is 245 Å². The van der Waals surface area contributed by atoms with Crippen LogP contribution in [0.25, 0.3) is 22.4 Å². The summed E-state index contributed by atoms with van der Waals surface area (Å²) in [6.07, 6.45) is 4.00. The first-order valence-electron chi connectivity index (χ1n) is 14.5. The quantitative estimate of drug-likeness (QED) is 0.338. The maximum atomic E-state index is 13.7. The monoisotopic (exact) mass is 567 g/mol. The number of amides is 2. The summed E-state index contributed by atoms with van der Waals surface area (Å²) in [4.78, 5) is 43.5. The number of ether oxygens (including phenoxy) is 2. The number of hydrogen-bond donors (Lipinski definition) is 1. The van der Waals surface area contributed by atoms with Crippen molar-refractivity contribution in [2.75, 3.05) is 26.3 Å². The van der Waals surface area contributed by atoms with Gasteiger partial charge >= 0.3 is 6.09 Å². The summed E-state index contributed by atoms with van der Waals surface area (Å²) in [6, 6.07) is 11.6. The van der Waals surface area contributed by atoms with Crippen molar-refractivity contribution in [2.24, 2.45) is 0 Å². The van der Waals surface area contributed by atoms with E-state index in [-0.39, 0.29) is 18.0 Å². The van der Waals surface area contributed by atoms with Crippen molar-refractivity contribution in [3.05, 3.63) is 82.2 Å². The van der Waals surface area contributed by atoms with E-state index in [1.54, 1.807) is 11.1 Å². The van der Waals surface area contributed by atoms with Crippen molar-refractivity contribution in [1.29, 1.82) is 0 Å². The second-order valence-corrected chi connectivity index (χ2v) is 12.2. The van der Waals surface area contributed by atoms with E-state index in [0.29, 0.717) is 44.8 Å². The minimum absolute atomic E-state index is 0.0110. The highest BCUT2D eigenvalue weighted by atomic mass is 16.6. The molecule has 0 spiro atoms. The van der Waals surface area contributed by atoms with Gasteiger partial charge in [-0.3, -0.25) is 9.69 Å². The highest BCUT2D eigenvalue weighted by Crippen LogP contribution is 2.37. The molecule has 6 rings (SSSR count). The molecule has 42 heavy (non-hydrogen) atoms. The van der Waals surface area contributed by atoms with Crippen LogP contribution in [0.4, 0.5) is 4.79 Å². The summed E-state index contributed by atoms with van der Waals surface area (Å²) in [5.41, 5.74) is 8.45. The van der Waals surface area contributed by atoms with Gasteiger partial charge in [0.25, 0.3) is 5.91 Å². The van der Waals surface area contributed by atoms with Gasteiger partial charge in [0.15, 0.2) is 5.65 Å². The predicted octanol–water partition coefficient (Wildman–Crippen LogP) is 5.75. The second kappa shape index (κ2) is 10.9. The third-order valence-electron chi connectivity index (χ3n) is 8.02. The summed E-state index contributed by atoms with van der Waals surface area (Å²) in [7, 11) is 0. The molecule has 2 aliphatic rings. The van der Waals surface area contributed by atoms with Crippen molar-refractivity contribution in [3.63, 3.8) is 0 Å². The number of carbonyl (C=O) groups excluding carboxylic acids is 2. The smallest absolute Gasteiger partial charge is 0.410 e. The Morgan fingerprint density at radius 3 is 2.69 bits per heavy atom. The van der Waals surface area contributed by atoms with E-state index < -0.39 is 5.60 Å². The Hall–Kier alpha value is -4.24. The number of benzene rings is 2. The fraction of sp³-hybridized carbons (Fsp3) is 0.394. The number of fused-ring (bicyclic) bond motifs is 2. The van der Waals surface area contributed by atoms with Gasteiger partial charge in [0.2, 0.25) is 0 Å². The number of hydrogen-bond acceptors (Lipinski definition) is 6. The summed E-state index contributed by atoms with van der Waals surface area (Å²) in [6.45, 7) is 11.8. The van der Waals surface area contributed by atoms with E-state index >= 15 is 0 Å². The van der Waals surface area contributed by atoms with E-state index in [0.717, 1.165) is 50.2 Å². The van der Waals surface area contributed by atoms with Crippen molar-refractivity contribution < 1.29 is 19.1 Å². The van der Waals surface area contributed by atoms with Crippen LogP contribution in [0, 0.1) is 13.8 Å². The van der Waals surface area contributed by atoms with Crippen molar-refractivity contribution >= 4 is 23.2 Å². The van der Waals surface area contributed by atoms with Crippen LogP contribution in [0.15, 0.2) is 48.8 Å². The molecule has 9 nitrogen and oxygen atoms in total. The zero-order valence-corrected chi connectivity index (χ0v) is 24.9. The molecule has 2 aromatic carbocycles. The summed E-state index contributed by atoms with van der Waals surface area (Å²) in [5.74, 6) is 0.0110. The van der Waals surface area contributed by atoms with E-state index in [1.165, 1.54) is 0 Å². The first-order chi connectivity index (χ1) is 20.1. The molecule has 0 unspecified atom stereocenters. The van der Waals surface area contributed by atoms with Gasteiger partial charge in [0.05, 0.1) is 31.1 Å². The van der Waals surface area contributed by atoms with Gasteiger partial charge in [0, 0.05) is 37.0 Å². The number of carbonyl (C=O) groups is 2. The number of H-pyrrole nitrogens is 1. The minimum atomic E-state index is -0.628. The molecule has 218 valence electrons. The molecule has 1 atom stereocenters. The van der Waals surface area contributed by atoms with Gasteiger partial charge < -0.3 is 19.4 Å². The average molecular weight is 568 g/mol. The molecule has 9 heteroatoms. The van der Waals surface area contributed by atoms with Gasteiger partial charge in [0.1, 0.15) is 11.1 Å². The Morgan fingerprint density at radius 2 is 1.90 bits per heavy atom. The normalized spacial score (nSPS) is 17.3. The van der Waals surface area contributed by atoms with Crippen LogP contribution in [-0.2, 0) is 22.4 Å². The molecular formula is C33H37N5O4. The highest BCUT2D eigenvalue weighted by molar-refractivity contribution is 5.95. The molecule has 4 aromatic rings. The number of rotatable bonds is 3. The van der Waals surface area contributed by atoms with Crippen LogP contribution in [0.2, 0.25) is 0 Å².